The molecule has 1 amide bonds. The molecule has 0 atom stereocenters. The highest BCUT2D eigenvalue weighted by Gasteiger charge is 2.19. The largest absolute Gasteiger partial charge is 0.398 e. The monoisotopic (exact) mass is 314 g/mol. The Morgan fingerprint density at radius 3 is 2.78 bits per heavy atom. The van der Waals surface area contributed by atoms with Crippen molar-refractivity contribution in [2.24, 2.45) is 0 Å². The molecule has 3 N–H and O–H groups in total. The van der Waals surface area contributed by atoms with Gasteiger partial charge in [-0.15, -0.1) is 0 Å². The van der Waals surface area contributed by atoms with E-state index in [1.54, 1.807) is 18.2 Å². The molecule has 0 aliphatic heterocycles. The zero-order chi connectivity index (χ0) is 13.8. The van der Waals surface area contributed by atoms with Crippen LogP contribution in [0.15, 0.2) is 22.7 Å². The van der Waals surface area contributed by atoms with Crippen LogP contribution in [-0.2, 0) is 4.74 Å². The molecule has 0 aliphatic rings. The number of benzene rings is 1. The van der Waals surface area contributed by atoms with E-state index in [1.807, 2.05) is 20.8 Å². The third kappa shape index (κ3) is 4.31. The summed E-state index contributed by atoms with van der Waals surface area (Å²) in [6.45, 7) is 6.84. The molecule has 0 heterocycles. The predicted molar refractivity (Wildman–Crippen MR) is 76.6 cm³/mol. The quantitative estimate of drug-likeness (QED) is 0.821. The molecule has 0 aromatic heterocycles. The molecule has 0 bridgehead atoms. The van der Waals surface area contributed by atoms with Gasteiger partial charge in [-0.05, 0) is 39.0 Å². The first kappa shape index (κ1) is 15.0. The van der Waals surface area contributed by atoms with Crippen molar-refractivity contribution in [2.45, 2.75) is 26.4 Å². The van der Waals surface area contributed by atoms with Crippen molar-refractivity contribution < 1.29 is 9.53 Å². The van der Waals surface area contributed by atoms with Crippen molar-refractivity contribution in [3.63, 3.8) is 0 Å². The maximum atomic E-state index is 12.0. The maximum Gasteiger partial charge on any atom is 0.253 e. The lowest BCUT2D eigenvalue weighted by Crippen LogP contribution is -2.40. The lowest BCUT2D eigenvalue weighted by Gasteiger charge is -2.25. The van der Waals surface area contributed by atoms with Crippen LogP contribution in [-0.4, -0.2) is 24.7 Å². The Bertz CT molecular complexity index is 433. The van der Waals surface area contributed by atoms with Crippen molar-refractivity contribution in [3.8, 4) is 0 Å². The molecule has 0 radical (unpaired) electrons. The smallest absolute Gasteiger partial charge is 0.253 e. The van der Waals surface area contributed by atoms with Crippen LogP contribution in [0, 0.1) is 0 Å². The van der Waals surface area contributed by atoms with Gasteiger partial charge in [-0.1, -0.05) is 15.9 Å². The molecule has 100 valence electrons. The Labute approximate surface area is 116 Å². The fourth-order valence-electron chi connectivity index (χ4n) is 1.56. The third-order valence-electron chi connectivity index (χ3n) is 2.47. The van der Waals surface area contributed by atoms with Gasteiger partial charge in [0.15, 0.2) is 0 Å². The summed E-state index contributed by atoms with van der Waals surface area (Å²) in [5, 5.41) is 2.83. The molecule has 18 heavy (non-hydrogen) atoms. The third-order valence-corrected chi connectivity index (χ3v) is 2.96. The summed E-state index contributed by atoms with van der Waals surface area (Å²) in [5.74, 6) is -0.193. The van der Waals surface area contributed by atoms with Gasteiger partial charge in [0.1, 0.15) is 0 Å². The number of hydrogen-bond acceptors (Lipinski definition) is 3. The summed E-state index contributed by atoms with van der Waals surface area (Å²) in [6, 6.07) is 5.21. The van der Waals surface area contributed by atoms with Gasteiger partial charge >= 0.3 is 0 Å². The maximum absolute atomic E-state index is 12.0. The number of nitrogens with two attached hydrogens (primary N) is 1. The van der Waals surface area contributed by atoms with Crippen LogP contribution in [0.3, 0.4) is 0 Å². The Morgan fingerprint density at radius 1 is 1.50 bits per heavy atom. The zero-order valence-electron chi connectivity index (χ0n) is 10.9. The van der Waals surface area contributed by atoms with Gasteiger partial charge < -0.3 is 15.8 Å². The van der Waals surface area contributed by atoms with Gasteiger partial charge in [0.25, 0.3) is 5.91 Å². The number of ether oxygens (including phenoxy) is 1. The lowest BCUT2D eigenvalue weighted by molar-refractivity contribution is -0.00815. The Balaban J connectivity index is 2.69. The fraction of sp³-hybridized carbons (Fsp3) is 0.462. The number of nitrogen functional groups attached to an aromatic ring is 1. The highest BCUT2D eigenvalue weighted by atomic mass is 79.9. The number of carbonyl (C=O) groups is 1. The first-order chi connectivity index (χ1) is 8.35. The summed E-state index contributed by atoms with van der Waals surface area (Å²) in [7, 11) is 0. The summed E-state index contributed by atoms with van der Waals surface area (Å²) < 4.78 is 6.34. The van der Waals surface area contributed by atoms with E-state index >= 15 is 0 Å². The van der Waals surface area contributed by atoms with Crippen molar-refractivity contribution in [2.75, 3.05) is 18.9 Å². The van der Waals surface area contributed by atoms with E-state index in [1.165, 1.54) is 0 Å². The second-order valence-electron chi connectivity index (χ2n) is 4.61. The van der Waals surface area contributed by atoms with Crippen LogP contribution in [0.1, 0.15) is 31.1 Å². The second-order valence-corrected chi connectivity index (χ2v) is 5.52. The van der Waals surface area contributed by atoms with E-state index in [-0.39, 0.29) is 11.5 Å². The van der Waals surface area contributed by atoms with E-state index < -0.39 is 0 Å². The summed E-state index contributed by atoms with van der Waals surface area (Å²) in [6.07, 6.45) is 0. The van der Waals surface area contributed by atoms with Gasteiger partial charge in [0.2, 0.25) is 0 Å². The van der Waals surface area contributed by atoms with Crippen LogP contribution in [0.2, 0.25) is 0 Å². The number of halogens is 1. The van der Waals surface area contributed by atoms with Crippen LogP contribution in [0.25, 0.3) is 0 Å². The molecule has 0 saturated carbocycles. The molecule has 1 rings (SSSR count). The highest BCUT2D eigenvalue weighted by molar-refractivity contribution is 9.10. The molecular weight excluding hydrogens is 296 g/mol. The van der Waals surface area contributed by atoms with Gasteiger partial charge in [0, 0.05) is 23.3 Å². The van der Waals surface area contributed by atoms with Gasteiger partial charge in [0.05, 0.1) is 11.2 Å². The minimum Gasteiger partial charge on any atom is -0.398 e. The average Bonchev–Trinajstić information content (AvgIpc) is 2.29. The number of hydrogen-bond donors (Lipinski definition) is 2. The van der Waals surface area contributed by atoms with E-state index in [4.69, 9.17) is 10.5 Å². The summed E-state index contributed by atoms with van der Waals surface area (Å²) in [4.78, 5) is 12.0. The molecule has 0 unspecified atom stereocenters. The molecule has 0 spiro atoms. The first-order valence-corrected chi connectivity index (χ1v) is 6.62. The van der Waals surface area contributed by atoms with Crippen molar-refractivity contribution in [3.05, 3.63) is 28.2 Å². The van der Waals surface area contributed by atoms with Crippen LogP contribution < -0.4 is 11.1 Å². The van der Waals surface area contributed by atoms with Crippen molar-refractivity contribution >= 4 is 27.5 Å². The Morgan fingerprint density at radius 2 is 2.17 bits per heavy atom. The molecule has 5 heteroatoms. The second kappa shape index (κ2) is 6.20. The molecular formula is C13H19BrN2O2. The van der Waals surface area contributed by atoms with Gasteiger partial charge in [-0.3, -0.25) is 4.79 Å². The molecule has 4 nitrogen and oxygen atoms in total. The van der Waals surface area contributed by atoms with E-state index in [2.05, 4.69) is 21.2 Å². The number of rotatable bonds is 5. The van der Waals surface area contributed by atoms with E-state index in [9.17, 15) is 4.79 Å². The number of amides is 1. The Kier molecular flexibility index (Phi) is 5.16. The highest BCUT2D eigenvalue weighted by Crippen LogP contribution is 2.18. The minimum absolute atomic E-state index is 0.193. The van der Waals surface area contributed by atoms with Crippen LogP contribution in [0.5, 0.6) is 0 Å². The average molecular weight is 315 g/mol. The van der Waals surface area contributed by atoms with Crippen LogP contribution in [0.4, 0.5) is 5.69 Å². The fourth-order valence-corrected chi connectivity index (χ4v) is 1.92. The number of nitrogens with one attached hydrogen (secondary N) is 1. The molecule has 0 fully saturated rings. The first-order valence-electron chi connectivity index (χ1n) is 5.83. The SMILES string of the molecule is CCOC(C)(C)CNC(=O)c1cc(Br)ccc1N. The number of anilines is 1. The summed E-state index contributed by atoms with van der Waals surface area (Å²) in [5.41, 5.74) is 6.32. The van der Waals surface area contributed by atoms with Crippen molar-refractivity contribution in [1.29, 1.82) is 0 Å². The molecule has 1 aromatic carbocycles. The molecule has 0 saturated heterocycles. The van der Waals surface area contributed by atoms with E-state index in [0.29, 0.717) is 24.4 Å². The van der Waals surface area contributed by atoms with E-state index in [0.717, 1.165) is 4.47 Å². The van der Waals surface area contributed by atoms with Crippen LogP contribution >= 0.6 is 15.9 Å². The Hall–Kier alpha value is -1.07. The predicted octanol–water partition coefficient (Wildman–Crippen LogP) is 2.58. The summed E-state index contributed by atoms with van der Waals surface area (Å²) >= 11 is 3.32. The van der Waals surface area contributed by atoms with Gasteiger partial charge in [-0.2, -0.15) is 0 Å². The van der Waals surface area contributed by atoms with Gasteiger partial charge in [-0.25, -0.2) is 0 Å². The minimum atomic E-state index is -0.384. The van der Waals surface area contributed by atoms with Crippen molar-refractivity contribution in [1.82, 2.24) is 5.32 Å². The lowest BCUT2D eigenvalue weighted by atomic mass is 10.1. The standard InChI is InChI=1S/C13H19BrN2O2/c1-4-18-13(2,3)8-16-12(17)10-7-9(14)5-6-11(10)15/h5-7H,4,8,15H2,1-3H3,(H,16,17). The molecule has 1 aromatic rings. The topological polar surface area (TPSA) is 64.3 Å². The normalized spacial score (nSPS) is 11.3. The molecule has 0 aliphatic carbocycles. The number of carbonyl (C=O) groups excluding carboxylic acids is 1. The zero-order valence-corrected chi connectivity index (χ0v) is 12.5.